The molecule has 0 aliphatic heterocycles. The average Bonchev–Trinajstić information content (AvgIpc) is 3.28. The minimum atomic E-state index is -0.578. The van der Waals surface area contributed by atoms with Gasteiger partial charge in [-0.2, -0.15) is 0 Å². The number of hydrogen-bond acceptors (Lipinski definition) is 6. The second kappa shape index (κ2) is 7.89. The Morgan fingerprint density at radius 2 is 1.83 bits per heavy atom. The summed E-state index contributed by atoms with van der Waals surface area (Å²) in [5, 5.41) is 23.2. The molecular weight excluding hydrogens is 372 g/mol. The molecule has 144 valence electrons. The van der Waals surface area contributed by atoms with Crippen molar-refractivity contribution in [2.24, 2.45) is 0 Å². The van der Waals surface area contributed by atoms with E-state index in [9.17, 15) is 14.9 Å². The number of nitro groups is 1. The van der Waals surface area contributed by atoms with Crippen LogP contribution in [0.4, 0.5) is 5.69 Å². The molecule has 0 spiro atoms. The largest absolute Gasteiger partial charge is 0.426 e. The molecule has 0 fully saturated rings. The zero-order valence-electron chi connectivity index (χ0n) is 15.2. The van der Waals surface area contributed by atoms with Crippen LogP contribution in [-0.4, -0.2) is 21.0 Å². The number of rotatable bonds is 6. The summed E-state index contributed by atoms with van der Waals surface area (Å²) in [5.74, 6) is -0.0103. The molecule has 1 N–H and O–H groups in total. The summed E-state index contributed by atoms with van der Waals surface area (Å²) in [6.07, 6.45) is 1.54. The molecule has 8 nitrogen and oxygen atoms in total. The third-order valence-corrected chi connectivity index (χ3v) is 4.60. The molecule has 0 bridgehead atoms. The van der Waals surface area contributed by atoms with Crippen LogP contribution in [0.1, 0.15) is 27.9 Å². The van der Waals surface area contributed by atoms with Crippen molar-refractivity contribution in [2.45, 2.75) is 12.5 Å². The van der Waals surface area contributed by atoms with Crippen molar-refractivity contribution >= 4 is 22.4 Å². The summed E-state index contributed by atoms with van der Waals surface area (Å²) < 4.78 is 5.31. The molecular formula is C21H16N4O4. The number of hydrogen-bond donors (Lipinski definition) is 1. The molecule has 1 atom stereocenters. The number of nitrogens with zero attached hydrogens (tertiary/aromatic N) is 3. The normalized spacial score (nSPS) is 11.9. The van der Waals surface area contributed by atoms with Crippen molar-refractivity contribution in [3.63, 3.8) is 0 Å². The lowest BCUT2D eigenvalue weighted by Gasteiger charge is -2.16. The van der Waals surface area contributed by atoms with Gasteiger partial charge in [0.15, 0.2) is 0 Å². The molecule has 1 aromatic heterocycles. The number of nitro benzene ring substituents is 1. The minimum absolute atomic E-state index is 0.00267. The number of carbonyl (C=O) groups excluding carboxylic acids is 1. The highest BCUT2D eigenvalue weighted by Gasteiger charge is 2.22. The van der Waals surface area contributed by atoms with E-state index < -0.39 is 11.0 Å². The first-order chi connectivity index (χ1) is 14.1. The van der Waals surface area contributed by atoms with Crippen molar-refractivity contribution in [3.05, 3.63) is 100 Å². The minimum Gasteiger partial charge on any atom is -0.426 e. The predicted molar refractivity (Wildman–Crippen MR) is 105 cm³/mol. The van der Waals surface area contributed by atoms with Crippen LogP contribution in [0.3, 0.4) is 0 Å². The van der Waals surface area contributed by atoms with E-state index in [-0.39, 0.29) is 17.5 Å². The molecule has 4 rings (SSSR count). The van der Waals surface area contributed by atoms with Crippen LogP contribution in [-0.2, 0) is 6.42 Å². The highest BCUT2D eigenvalue weighted by molar-refractivity contribution is 6.07. The van der Waals surface area contributed by atoms with Gasteiger partial charge < -0.3 is 9.73 Å². The molecule has 0 unspecified atom stereocenters. The zero-order chi connectivity index (χ0) is 20.2. The van der Waals surface area contributed by atoms with Gasteiger partial charge in [0.2, 0.25) is 12.3 Å². The SMILES string of the molecule is O=C(N[C@@H](Cc1ccc([N+](=O)[O-])cc1)c1nnco1)c1cccc2ccccc12. The molecule has 4 aromatic rings. The molecule has 0 saturated heterocycles. The fourth-order valence-corrected chi connectivity index (χ4v) is 3.18. The Labute approximate surface area is 165 Å². The van der Waals surface area contributed by atoms with Gasteiger partial charge in [0.05, 0.1) is 4.92 Å². The number of carbonyl (C=O) groups is 1. The van der Waals surface area contributed by atoms with Crippen molar-refractivity contribution in [1.82, 2.24) is 15.5 Å². The maximum absolute atomic E-state index is 13.0. The number of fused-ring (bicyclic) bond motifs is 1. The third kappa shape index (κ3) is 3.96. The van der Waals surface area contributed by atoms with E-state index in [2.05, 4.69) is 15.5 Å². The van der Waals surface area contributed by atoms with E-state index in [0.717, 1.165) is 16.3 Å². The summed E-state index contributed by atoms with van der Waals surface area (Å²) in [7, 11) is 0. The second-order valence-corrected chi connectivity index (χ2v) is 6.46. The van der Waals surface area contributed by atoms with E-state index in [0.29, 0.717) is 12.0 Å². The van der Waals surface area contributed by atoms with Crippen molar-refractivity contribution in [1.29, 1.82) is 0 Å². The van der Waals surface area contributed by atoms with E-state index in [1.807, 2.05) is 36.4 Å². The summed E-state index contributed by atoms with van der Waals surface area (Å²) in [6, 6.07) is 18.7. The van der Waals surface area contributed by atoms with Gasteiger partial charge in [-0.3, -0.25) is 14.9 Å². The van der Waals surface area contributed by atoms with Crippen LogP contribution in [0.15, 0.2) is 77.5 Å². The lowest BCUT2D eigenvalue weighted by Crippen LogP contribution is -2.30. The predicted octanol–water partition coefficient (Wildman–Crippen LogP) is 3.84. The number of amides is 1. The summed E-state index contributed by atoms with van der Waals surface area (Å²) in [4.78, 5) is 23.4. The van der Waals surface area contributed by atoms with Gasteiger partial charge in [0.1, 0.15) is 6.04 Å². The Morgan fingerprint density at radius 3 is 2.55 bits per heavy atom. The summed E-state index contributed by atoms with van der Waals surface area (Å²) >= 11 is 0. The van der Waals surface area contributed by atoms with Gasteiger partial charge in [-0.1, -0.05) is 48.5 Å². The van der Waals surface area contributed by atoms with Gasteiger partial charge in [0, 0.05) is 24.1 Å². The lowest BCUT2D eigenvalue weighted by molar-refractivity contribution is -0.384. The van der Waals surface area contributed by atoms with Gasteiger partial charge in [-0.15, -0.1) is 10.2 Å². The monoisotopic (exact) mass is 388 g/mol. The van der Waals surface area contributed by atoms with Crippen LogP contribution in [0, 0.1) is 10.1 Å². The third-order valence-electron chi connectivity index (χ3n) is 4.60. The zero-order valence-corrected chi connectivity index (χ0v) is 15.2. The number of benzene rings is 3. The highest BCUT2D eigenvalue weighted by Crippen LogP contribution is 2.22. The van der Waals surface area contributed by atoms with Crippen molar-refractivity contribution in [3.8, 4) is 0 Å². The van der Waals surface area contributed by atoms with Gasteiger partial charge in [0.25, 0.3) is 11.6 Å². The van der Waals surface area contributed by atoms with E-state index >= 15 is 0 Å². The molecule has 1 heterocycles. The fourth-order valence-electron chi connectivity index (χ4n) is 3.18. The standard InChI is InChI=1S/C21H16N4O4/c26-20(18-7-3-5-15-4-1-2-6-17(15)18)23-19(21-24-22-13-29-21)12-14-8-10-16(11-9-14)25(27)28/h1-11,13,19H,12H2,(H,23,26)/t19-/m0/s1. The molecule has 29 heavy (non-hydrogen) atoms. The second-order valence-electron chi connectivity index (χ2n) is 6.46. The molecule has 0 aliphatic carbocycles. The maximum atomic E-state index is 13.0. The Hall–Kier alpha value is -4.07. The average molecular weight is 388 g/mol. The van der Waals surface area contributed by atoms with E-state index in [1.165, 1.54) is 18.5 Å². The topological polar surface area (TPSA) is 111 Å². The summed E-state index contributed by atoms with van der Waals surface area (Å²) in [5.41, 5.74) is 1.33. The number of nitrogens with one attached hydrogen (secondary N) is 1. The lowest BCUT2D eigenvalue weighted by atomic mass is 10.0. The molecule has 1 amide bonds. The number of non-ortho nitro benzene ring substituents is 1. The Balaban J connectivity index is 1.61. The van der Waals surface area contributed by atoms with Crippen LogP contribution < -0.4 is 5.32 Å². The smallest absolute Gasteiger partial charge is 0.269 e. The molecule has 8 heteroatoms. The van der Waals surface area contributed by atoms with Crippen LogP contribution in [0.5, 0.6) is 0 Å². The van der Waals surface area contributed by atoms with Crippen molar-refractivity contribution in [2.75, 3.05) is 0 Å². The first-order valence-electron chi connectivity index (χ1n) is 8.90. The Bertz CT molecular complexity index is 1150. The van der Waals surface area contributed by atoms with Crippen LogP contribution in [0.25, 0.3) is 10.8 Å². The summed E-state index contributed by atoms with van der Waals surface area (Å²) in [6.45, 7) is 0. The number of aromatic nitrogens is 2. The van der Waals surface area contributed by atoms with Crippen LogP contribution in [0.2, 0.25) is 0 Å². The van der Waals surface area contributed by atoms with Crippen molar-refractivity contribution < 1.29 is 14.1 Å². The van der Waals surface area contributed by atoms with E-state index in [4.69, 9.17) is 4.42 Å². The van der Waals surface area contributed by atoms with Gasteiger partial charge in [-0.25, -0.2) is 0 Å². The molecule has 0 saturated carbocycles. The molecule has 0 radical (unpaired) electrons. The molecule has 0 aliphatic rings. The first kappa shape index (κ1) is 18.3. The quantitative estimate of drug-likeness (QED) is 0.397. The van der Waals surface area contributed by atoms with Gasteiger partial charge in [-0.05, 0) is 22.4 Å². The Kier molecular flexibility index (Phi) is 4.98. The first-order valence-corrected chi connectivity index (χ1v) is 8.90. The van der Waals surface area contributed by atoms with Gasteiger partial charge >= 0.3 is 0 Å². The highest BCUT2D eigenvalue weighted by atomic mass is 16.6. The Morgan fingerprint density at radius 1 is 1.07 bits per heavy atom. The van der Waals surface area contributed by atoms with E-state index in [1.54, 1.807) is 18.2 Å². The van der Waals surface area contributed by atoms with Crippen LogP contribution >= 0.6 is 0 Å². The fraction of sp³-hybridized carbons (Fsp3) is 0.0952. The molecule has 3 aromatic carbocycles. The maximum Gasteiger partial charge on any atom is 0.269 e.